The Morgan fingerprint density at radius 1 is 0.652 bits per heavy atom. The average molecular weight is 703 g/mol. The standard InChI is InChI=1S/C25H44N4O15P2/c1-7-9-23(43-19(5)32)21(28-17(3)30)15-41-45(35,36)39-13-11-26-25(34)27-12-14-40-46(37,38)42-16-22(29-18(4)31)24(10-8-2)44-20(6)33/h7-10,21-24H,11-16H2,1-6H3,(H,28,30)(H,29,31)(H,35,36)(H,37,38)(H2,26,27,34)/b9-7+,10-8+. The molecular formula is C25H44N4O15P2. The number of hydrogen-bond acceptors (Lipinski definition) is 13. The molecule has 21 heteroatoms. The summed E-state index contributed by atoms with van der Waals surface area (Å²) in [5.41, 5.74) is 0. The zero-order valence-electron chi connectivity index (χ0n) is 26.5. The van der Waals surface area contributed by atoms with E-state index in [0.29, 0.717) is 0 Å². The van der Waals surface area contributed by atoms with Crippen molar-refractivity contribution >= 4 is 45.4 Å². The van der Waals surface area contributed by atoms with Gasteiger partial charge in [0.15, 0.2) is 0 Å². The topological polar surface area (TPSA) is 263 Å². The number of allylic oxidation sites excluding steroid dienone is 2. The maximum absolute atomic E-state index is 12.2. The Labute approximate surface area is 266 Å². The van der Waals surface area contributed by atoms with Crippen LogP contribution >= 0.6 is 15.6 Å². The molecule has 264 valence electrons. The largest absolute Gasteiger partial charge is 0.472 e. The molecule has 0 aromatic heterocycles. The maximum atomic E-state index is 12.2. The fourth-order valence-electron chi connectivity index (χ4n) is 3.37. The Balaban J connectivity index is 4.65. The molecule has 0 saturated heterocycles. The molecule has 0 aromatic rings. The van der Waals surface area contributed by atoms with E-state index in [1.807, 2.05) is 0 Å². The smallest absolute Gasteiger partial charge is 0.456 e. The van der Waals surface area contributed by atoms with Crippen LogP contribution in [-0.2, 0) is 55.9 Å². The maximum Gasteiger partial charge on any atom is 0.472 e. The molecule has 0 bridgehead atoms. The molecule has 6 atom stereocenters. The third kappa shape index (κ3) is 21.6. The van der Waals surface area contributed by atoms with Crippen molar-refractivity contribution in [2.45, 2.75) is 65.8 Å². The number of esters is 2. The molecule has 46 heavy (non-hydrogen) atoms. The average Bonchev–Trinajstić information content (AvgIpc) is 2.92. The first-order chi connectivity index (χ1) is 21.4. The fourth-order valence-corrected chi connectivity index (χ4v) is 4.86. The first-order valence-electron chi connectivity index (χ1n) is 13.8. The molecule has 0 heterocycles. The minimum atomic E-state index is -4.66. The molecule has 0 rings (SSSR count). The Kier molecular flexibility index (Phi) is 20.9. The van der Waals surface area contributed by atoms with Gasteiger partial charge in [0.25, 0.3) is 0 Å². The number of amides is 4. The number of urea groups is 1. The Morgan fingerprint density at radius 3 is 1.28 bits per heavy atom. The number of hydrogen-bond donors (Lipinski definition) is 6. The van der Waals surface area contributed by atoms with Gasteiger partial charge in [-0.25, -0.2) is 13.9 Å². The van der Waals surface area contributed by atoms with Gasteiger partial charge in [0, 0.05) is 40.8 Å². The molecule has 19 nitrogen and oxygen atoms in total. The monoisotopic (exact) mass is 702 g/mol. The summed E-state index contributed by atoms with van der Waals surface area (Å²) >= 11 is 0. The first kappa shape index (κ1) is 42.9. The Bertz CT molecular complexity index is 1080. The van der Waals surface area contributed by atoms with Crippen molar-refractivity contribution in [3.8, 4) is 0 Å². The van der Waals surface area contributed by atoms with Crippen molar-refractivity contribution in [1.29, 1.82) is 0 Å². The predicted octanol–water partition coefficient (Wildman–Crippen LogP) is 0.578. The van der Waals surface area contributed by atoms with Crippen molar-refractivity contribution in [2.75, 3.05) is 39.5 Å². The molecule has 0 aliphatic heterocycles. The highest BCUT2D eigenvalue weighted by atomic mass is 31.2. The third-order valence-electron chi connectivity index (χ3n) is 5.06. The second kappa shape index (κ2) is 22.4. The SMILES string of the molecule is C/C=C/C(OC(C)=O)C(COP(=O)(O)OCCNC(=O)NCCOP(=O)(O)OCC(NC(C)=O)C(/C=C/C)OC(C)=O)NC(C)=O. The third-order valence-corrected chi connectivity index (χ3v) is 7.03. The lowest BCUT2D eigenvalue weighted by atomic mass is 10.1. The van der Waals surface area contributed by atoms with Gasteiger partial charge < -0.3 is 40.5 Å². The summed E-state index contributed by atoms with van der Waals surface area (Å²) in [6, 6.07) is -2.80. The van der Waals surface area contributed by atoms with E-state index in [2.05, 4.69) is 21.3 Å². The van der Waals surface area contributed by atoms with E-state index in [0.717, 1.165) is 13.8 Å². The summed E-state index contributed by atoms with van der Waals surface area (Å²) in [7, 11) is -9.32. The summed E-state index contributed by atoms with van der Waals surface area (Å²) in [5.74, 6) is -2.33. The van der Waals surface area contributed by atoms with Gasteiger partial charge in [-0.05, 0) is 26.0 Å². The van der Waals surface area contributed by atoms with Crippen LogP contribution in [-0.4, -0.2) is 103 Å². The van der Waals surface area contributed by atoms with E-state index < -0.39 is 96.1 Å². The second-order valence-electron chi connectivity index (χ2n) is 9.19. The van der Waals surface area contributed by atoms with Gasteiger partial charge in [-0.15, -0.1) is 0 Å². The van der Waals surface area contributed by atoms with Gasteiger partial charge in [-0.3, -0.25) is 37.3 Å². The van der Waals surface area contributed by atoms with Gasteiger partial charge in [0.1, 0.15) is 12.2 Å². The number of phosphoric acid groups is 2. The number of rotatable bonds is 22. The Hall–Kier alpha value is -3.15. The molecule has 4 amide bonds. The van der Waals surface area contributed by atoms with Gasteiger partial charge in [0.05, 0.1) is 38.5 Å². The lowest BCUT2D eigenvalue weighted by Crippen LogP contribution is -2.46. The van der Waals surface area contributed by atoms with E-state index in [9.17, 15) is 42.9 Å². The molecule has 0 spiro atoms. The van der Waals surface area contributed by atoms with Crippen LogP contribution in [0.2, 0.25) is 0 Å². The van der Waals surface area contributed by atoms with Crippen LogP contribution in [0.5, 0.6) is 0 Å². The van der Waals surface area contributed by atoms with E-state index in [1.54, 1.807) is 26.0 Å². The van der Waals surface area contributed by atoms with Gasteiger partial charge >= 0.3 is 33.6 Å². The summed E-state index contributed by atoms with van der Waals surface area (Å²) in [6.07, 6.45) is 4.03. The van der Waals surface area contributed by atoms with Crippen LogP contribution in [0.15, 0.2) is 24.3 Å². The molecule has 0 radical (unpaired) electrons. The number of ether oxygens (including phenoxy) is 2. The highest BCUT2D eigenvalue weighted by Gasteiger charge is 2.30. The van der Waals surface area contributed by atoms with Crippen molar-refractivity contribution in [3.63, 3.8) is 0 Å². The van der Waals surface area contributed by atoms with Crippen LogP contribution in [0.1, 0.15) is 41.5 Å². The van der Waals surface area contributed by atoms with Crippen molar-refractivity contribution in [1.82, 2.24) is 21.3 Å². The number of nitrogens with one attached hydrogen (secondary N) is 4. The van der Waals surface area contributed by atoms with E-state index >= 15 is 0 Å². The van der Waals surface area contributed by atoms with Crippen LogP contribution in [0.4, 0.5) is 4.79 Å². The molecule has 0 aliphatic carbocycles. The van der Waals surface area contributed by atoms with Crippen molar-refractivity contribution in [2.24, 2.45) is 0 Å². The summed E-state index contributed by atoms with van der Waals surface area (Å²) in [4.78, 5) is 77.7. The molecule has 0 aromatic carbocycles. The summed E-state index contributed by atoms with van der Waals surface area (Å²) < 4.78 is 54.1. The van der Waals surface area contributed by atoms with Gasteiger partial charge in [-0.1, -0.05) is 12.2 Å². The summed E-state index contributed by atoms with van der Waals surface area (Å²) in [5, 5.41) is 9.53. The lowest BCUT2D eigenvalue weighted by molar-refractivity contribution is -0.147. The van der Waals surface area contributed by atoms with Crippen molar-refractivity contribution < 1.29 is 70.5 Å². The van der Waals surface area contributed by atoms with Crippen LogP contribution in [0, 0.1) is 0 Å². The molecular weight excluding hydrogens is 658 g/mol. The van der Waals surface area contributed by atoms with E-state index in [1.165, 1.54) is 26.0 Å². The second-order valence-corrected chi connectivity index (χ2v) is 12.1. The number of phosphoric ester groups is 2. The number of carbonyl (C=O) groups excluding carboxylic acids is 5. The quantitative estimate of drug-likeness (QED) is 0.0390. The van der Waals surface area contributed by atoms with Gasteiger partial charge in [0.2, 0.25) is 11.8 Å². The number of carbonyl (C=O) groups is 5. The Morgan fingerprint density at radius 2 is 1.00 bits per heavy atom. The molecule has 6 unspecified atom stereocenters. The predicted molar refractivity (Wildman–Crippen MR) is 161 cm³/mol. The zero-order valence-corrected chi connectivity index (χ0v) is 28.2. The first-order valence-corrected chi connectivity index (χ1v) is 16.8. The van der Waals surface area contributed by atoms with Crippen LogP contribution in [0.3, 0.4) is 0 Å². The minimum Gasteiger partial charge on any atom is -0.456 e. The summed E-state index contributed by atoms with van der Waals surface area (Å²) in [6.45, 7) is 5.41. The minimum absolute atomic E-state index is 0.258. The highest BCUT2D eigenvalue weighted by Crippen LogP contribution is 2.43. The fraction of sp³-hybridized carbons (Fsp3) is 0.640. The normalized spacial score (nSPS) is 16.7. The van der Waals surface area contributed by atoms with Crippen molar-refractivity contribution in [3.05, 3.63) is 24.3 Å². The van der Waals surface area contributed by atoms with Crippen LogP contribution < -0.4 is 21.3 Å². The zero-order chi connectivity index (χ0) is 35.3. The van der Waals surface area contributed by atoms with E-state index in [4.69, 9.17) is 27.6 Å². The highest BCUT2D eigenvalue weighted by molar-refractivity contribution is 7.47. The molecule has 0 aliphatic rings. The molecule has 6 N–H and O–H groups in total. The lowest BCUT2D eigenvalue weighted by Gasteiger charge is -2.25. The molecule has 0 fully saturated rings. The van der Waals surface area contributed by atoms with E-state index in [-0.39, 0.29) is 13.1 Å². The van der Waals surface area contributed by atoms with Gasteiger partial charge in [-0.2, -0.15) is 0 Å². The van der Waals surface area contributed by atoms with Crippen LogP contribution in [0.25, 0.3) is 0 Å². The molecule has 0 saturated carbocycles.